The van der Waals surface area contributed by atoms with E-state index in [2.05, 4.69) is 5.32 Å². The third kappa shape index (κ3) is 6.60. The van der Waals surface area contributed by atoms with Crippen LogP contribution in [0.25, 0.3) is 0 Å². The van der Waals surface area contributed by atoms with Crippen molar-refractivity contribution in [3.8, 4) is 5.75 Å². The normalized spacial score (nSPS) is 10.9. The number of amides is 1. The summed E-state index contributed by atoms with van der Waals surface area (Å²) in [6.07, 6.45) is -4.50. The molecule has 0 spiro atoms. The molecule has 0 heterocycles. The molecule has 1 N–H and O–H groups in total. The summed E-state index contributed by atoms with van der Waals surface area (Å²) >= 11 is 0. The Morgan fingerprint density at radius 3 is 2.26 bits per heavy atom. The first-order valence-electron chi connectivity index (χ1n) is 9.22. The molecule has 160 valence electrons. The van der Waals surface area contributed by atoms with Crippen LogP contribution >= 0.6 is 0 Å². The molecule has 0 aliphatic rings. The number of benzene rings is 3. The Morgan fingerprint density at radius 1 is 0.871 bits per heavy atom. The Hall–Kier alpha value is -3.81. The molecular formula is C23H18F3NO4. The van der Waals surface area contributed by atoms with Crippen LogP contribution in [0, 0.1) is 0 Å². The van der Waals surface area contributed by atoms with Gasteiger partial charge in [-0.05, 0) is 48.0 Å². The zero-order valence-electron chi connectivity index (χ0n) is 16.2. The van der Waals surface area contributed by atoms with Gasteiger partial charge in [0.25, 0.3) is 5.91 Å². The molecule has 0 aliphatic carbocycles. The lowest BCUT2D eigenvalue weighted by Crippen LogP contribution is -2.15. The molecule has 0 radical (unpaired) electrons. The molecule has 0 bridgehead atoms. The highest BCUT2D eigenvalue weighted by atomic mass is 19.4. The first-order chi connectivity index (χ1) is 14.8. The fourth-order valence-electron chi connectivity index (χ4n) is 2.60. The van der Waals surface area contributed by atoms with Crippen molar-refractivity contribution < 1.29 is 32.2 Å². The fraction of sp³-hybridized carbons (Fsp3) is 0.130. The Balaban J connectivity index is 1.50. The monoisotopic (exact) mass is 429 g/mol. The predicted octanol–water partition coefficient (Wildman–Crippen LogP) is 5.08. The summed E-state index contributed by atoms with van der Waals surface area (Å²) in [5, 5.41) is 2.42. The molecule has 3 aromatic rings. The largest absolute Gasteiger partial charge is 0.482 e. The summed E-state index contributed by atoms with van der Waals surface area (Å²) in [7, 11) is 0. The zero-order chi connectivity index (χ0) is 22.3. The predicted molar refractivity (Wildman–Crippen MR) is 108 cm³/mol. The van der Waals surface area contributed by atoms with Gasteiger partial charge in [0, 0.05) is 11.3 Å². The minimum absolute atomic E-state index is 0.0290. The smallest absolute Gasteiger partial charge is 0.416 e. The average Bonchev–Trinajstić information content (AvgIpc) is 2.77. The van der Waals surface area contributed by atoms with Crippen LogP contribution in [-0.4, -0.2) is 18.5 Å². The molecule has 31 heavy (non-hydrogen) atoms. The highest BCUT2D eigenvalue weighted by Gasteiger charge is 2.30. The summed E-state index contributed by atoms with van der Waals surface area (Å²) in [6, 6.07) is 19.4. The Bertz CT molecular complexity index is 1030. The van der Waals surface area contributed by atoms with Crippen molar-refractivity contribution >= 4 is 17.6 Å². The molecule has 5 nitrogen and oxygen atoms in total. The molecule has 3 rings (SSSR count). The summed E-state index contributed by atoms with van der Waals surface area (Å²) in [4.78, 5) is 24.0. The second-order valence-corrected chi connectivity index (χ2v) is 6.49. The number of alkyl halides is 3. The van der Waals surface area contributed by atoms with Crippen LogP contribution in [0.2, 0.25) is 0 Å². The third-order valence-corrected chi connectivity index (χ3v) is 4.16. The van der Waals surface area contributed by atoms with Gasteiger partial charge in [-0.15, -0.1) is 0 Å². The van der Waals surface area contributed by atoms with Crippen molar-refractivity contribution in [2.75, 3.05) is 11.9 Å². The van der Waals surface area contributed by atoms with Gasteiger partial charge in [0.1, 0.15) is 12.4 Å². The number of nitrogens with one attached hydrogen (secondary N) is 1. The number of ether oxygens (including phenoxy) is 2. The Kier molecular flexibility index (Phi) is 6.92. The SMILES string of the molecule is O=C(COc1ccc(C(=O)Nc2cccc(C(F)(F)F)c2)cc1)OCc1ccccc1. The van der Waals surface area contributed by atoms with Crippen LogP contribution in [-0.2, 0) is 22.3 Å². The van der Waals surface area contributed by atoms with Gasteiger partial charge in [-0.1, -0.05) is 36.4 Å². The van der Waals surface area contributed by atoms with Gasteiger partial charge >= 0.3 is 12.1 Å². The molecule has 3 aromatic carbocycles. The molecule has 0 saturated carbocycles. The van der Waals surface area contributed by atoms with Gasteiger partial charge in [-0.2, -0.15) is 13.2 Å². The first-order valence-corrected chi connectivity index (χ1v) is 9.22. The van der Waals surface area contributed by atoms with Crippen LogP contribution in [0.15, 0.2) is 78.9 Å². The van der Waals surface area contributed by atoms with E-state index < -0.39 is 23.6 Å². The lowest BCUT2D eigenvalue weighted by molar-refractivity contribution is -0.147. The minimum Gasteiger partial charge on any atom is -0.482 e. The van der Waals surface area contributed by atoms with Crippen molar-refractivity contribution in [3.63, 3.8) is 0 Å². The average molecular weight is 429 g/mol. The van der Waals surface area contributed by atoms with Gasteiger partial charge < -0.3 is 14.8 Å². The highest BCUT2D eigenvalue weighted by molar-refractivity contribution is 6.04. The van der Waals surface area contributed by atoms with E-state index in [1.165, 1.54) is 36.4 Å². The summed E-state index contributed by atoms with van der Waals surface area (Å²) in [5.74, 6) is -0.782. The van der Waals surface area contributed by atoms with Crippen molar-refractivity contribution in [1.29, 1.82) is 0 Å². The van der Waals surface area contributed by atoms with E-state index in [-0.39, 0.29) is 24.5 Å². The molecule has 0 aliphatic heterocycles. The summed E-state index contributed by atoms with van der Waals surface area (Å²) in [5.41, 5.74) is 0.248. The number of carbonyl (C=O) groups excluding carboxylic acids is 2. The maximum absolute atomic E-state index is 12.8. The number of anilines is 1. The van der Waals surface area contributed by atoms with Crippen molar-refractivity contribution in [3.05, 3.63) is 95.6 Å². The number of carbonyl (C=O) groups is 2. The maximum Gasteiger partial charge on any atom is 0.416 e. The van der Waals surface area contributed by atoms with Crippen molar-refractivity contribution in [1.82, 2.24) is 0 Å². The van der Waals surface area contributed by atoms with E-state index in [1.807, 2.05) is 30.3 Å². The van der Waals surface area contributed by atoms with Crippen molar-refractivity contribution in [2.45, 2.75) is 12.8 Å². The topological polar surface area (TPSA) is 64.6 Å². The Labute approximate surface area is 176 Å². The maximum atomic E-state index is 12.8. The van der Waals surface area contributed by atoms with E-state index in [9.17, 15) is 22.8 Å². The number of halogens is 3. The van der Waals surface area contributed by atoms with Crippen LogP contribution in [0.4, 0.5) is 18.9 Å². The zero-order valence-corrected chi connectivity index (χ0v) is 16.2. The molecular weight excluding hydrogens is 411 g/mol. The highest BCUT2D eigenvalue weighted by Crippen LogP contribution is 2.30. The number of rotatable bonds is 7. The van der Waals surface area contributed by atoms with Gasteiger partial charge in [0.15, 0.2) is 6.61 Å². The molecule has 1 amide bonds. The lowest BCUT2D eigenvalue weighted by atomic mass is 10.1. The van der Waals surface area contributed by atoms with Crippen LogP contribution in [0.5, 0.6) is 5.75 Å². The van der Waals surface area contributed by atoms with E-state index in [4.69, 9.17) is 9.47 Å². The molecule has 0 aromatic heterocycles. The van der Waals surface area contributed by atoms with Crippen LogP contribution in [0.1, 0.15) is 21.5 Å². The van der Waals surface area contributed by atoms with Gasteiger partial charge in [0.2, 0.25) is 0 Å². The van der Waals surface area contributed by atoms with Crippen LogP contribution in [0.3, 0.4) is 0 Å². The third-order valence-electron chi connectivity index (χ3n) is 4.16. The number of esters is 1. The van der Waals surface area contributed by atoms with Crippen LogP contribution < -0.4 is 10.1 Å². The minimum atomic E-state index is -4.50. The van der Waals surface area contributed by atoms with Gasteiger partial charge in [-0.25, -0.2) is 4.79 Å². The van der Waals surface area contributed by atoms with Gasteiger partial charge in [-0.3, -0.25) is 4.79 Å². The first kappa shape index (κ1) is 21.9. The molecule has 0 fully saturated rings. The molecule has 8 heteroatoms. The van der Waals surface area contributed by atoms with E-state index in [1.54, 1.807) is 0 Å². The van der Waals surface area contributed by atoms with Crippen molar-refractivity contribution in [2.24, 2.45) is 0 Å². The summed E-state index contributed by atoms with van der Waals surface area (Å²) in [6.45, 7) is -0.166. The Morgan fingerprint density at radius 2 is 1.58 bits per heavy atom. The van der Waals surface area contributed by atoms with E-state index >= 15 is 0 Å². The van der Waals surface area contributed by atoms with E-state index in [0.717, 1.165) is 17.7 Å². The van der Waals surface area contributed by atoms with E-state index in [0.29, 0.717) is 5.75 Å². The molecule has 0 unspecified atom stereocenters. The fourth-order valence-corrected chi connectivity index (χ4v) is 2.60. The number of hydrogen-bond acceptors (Lipinski definition) is 4. The second-order valence-electron chi connectivity index (χ2n) is 6.49. The lowest BCUT2D eigenvalue weighted by Gasteiger charge is -2.10. The number of hydrogen-bond donors (Lipinski definition) is 1. The molecule has 0 atom stereocenters. The second kappa shape index (κ2) is 9.80. The quantitative estimate of drug-likeness (QED) is 0.532. The summed E-state index contributed by atoms with van der Waals surface area (Å²) < 4.78 is 48.8. The standard InChI is InChI=1S/C23H18F3NO4/c24-23(25,26)18-7-4-8-19(13-18)27-22(29)17-9-11-20(12-10-17)30-15-21(28)31-14-16-5-2-1-3-6-16/h1-13H,14-15H2,(H,27,29). The van der Waals surface area contributed by atoms with Gasteiger partial charge in [0.05, 0.1) is 5.56 Å². The molecule has 0 saturated heterocycles.